The standard InChI is InChI=1S/C6H15N3/c1-5(2)9-6(3)4-8-7/h4-5,8-9H,7H2,1-3H3/b6-4-. The summed E-state index contributed by atoms with van der Waals surface area (Å²) < 4.78 is 0. The molecule has 0 spiro atoms. The Balaban J connectivity index is 3.49. The van der Waals surface area contributed by atoms with Crippen LogP contribution in [0.3, 0.4) is 0 Å². The first kappa shape index (κ1) is 8.30. The van der Waals surface area contributed by atoms with Crippen LogP contribution in [-0.4, -0.2) is 6.04 Å². The molecule has 54 valence electrons. The van der Waals surface area contributed by atoms with Gasteiger partial charge in [-0.2, -0.15) is 0 Å². The molecule has 0 unspecified atom stereocenters. The van der Waals surface area contributed by atoms with Crippen molar-refractivity contribution in [2.45, 2.75) is 26.8 Å². The number of nitrogens with two attached hydrogens (primary N) is 1. The van der Waals surface area contributed by atoms with Gasteiger partial charge in [0.2, 0.25) is 0 Å². The van der Waals surface area contributed by atoms with E-state index in [0.717, 1.165) is 5.70 Å². The molecule has 0 bridgehead atoms. The minimum atomic E-state index is 0.467. The van der Waals surface area contributed by atoms with E-state index in [1.54, 1.807) is 6.20 Å². The molecule has 0 saturated heterocycles. The highest BCUT2D eigenvalue weighted by Crippen LogP contribution is 1.85. The molecular weight excluding hydrogens is 114 g/mol. The number of rotatable bonds is 3. The van der Waals surface area contributed by atoms with E-state index in [2.05, 4.69) is 24.6 Å². The van der Waals surface area contributed by atoms with Crippen molar-refractivity contribution in [3.8, 4) is 0 Å². The lowest BCUT2D eigenvalue weighted by molar-refractivity contribution is 0.662. The molecule has 0 amide bonds. The van der Waals surface area contributed by atoms with Crippen LogP contribution in [0.5, 0.6) is 0 Å². The SMILES string of the molecule is C/C(=C/NN)NC(C)C. The van der Waals surface area contributed by atoms with Gasteiger partial charge >= 0.3 is 0 Å². The van der Waals surface area contributed by atoms with E-state index in [0.29, 0.717) is 6.04 Å². The molecule has 0 aliphatic carbocycles. The fourth-order valence-corrected chi connectivity index (χ4v) is 0.622. The molecule has 0 radical (unpaired) electrons. The molecule has 0 rings (SSSR count). The molecule has 4 N–H and O–H groups in total. The molecule has 0 aromatic carbocycles. The van der Waals surface area contributed by atoms with E-state index in [9.17, 15) is 0 Å². The van der Waals surface area contributed by atoms with Gasteiger partial charge in [-0.25, -0.2) is 0 Å². The van der Waals surface area contributed by atoms with Crippen LogP contribution in [0.25, 0.3) is 0 Å². The fraction of sp³-hybridized carbons (Fsp3) is 0.667. The van der Waals surface area contributed by atoms with E-state index in [1.807, 2.05) is 6.92 Å². The Morgan fingerprint density at radius 3 is 2.44 bits per heavy atom. The third-order valence-corrected chi connectivity index (χ3v) is 0.816. The number of hydrogen-bond donors (Lipinski definition) is 3. The second-order valence-electron chi connectivity index (χ2n) is 2.29. The Kier molecular flexibility index (Phi) is 3.88. The summed E-state index contributed by atoms with van der Waals surface area (Å²) in [5, 5.41) is 3.16. The Morgan fingerprint density at radius 1 is 1.56 bits per heavy atom. The van der Waals surface area contributed by atoms with Crippen LogP contribution >= 0.6 is 0 Å². The minimum Gasteiger partial charge on any atom is -0.385 e. The average molecular weight is 129 g/mol. The molecular formula is C6H15N3. The summed E-state index contributed by atoms with van der Waals surface area (Å²) in [7, 11) is 0. The van der Waals surface area contributed by atoms with Gasteiger partial charge in [-0.05, 0) is 20.8 Å². The van der Waals surface area contributed by atoms with Crippen molar-refractivity contribution in [2.24, 2.45) is 5.84 Å². The molecule has 3 nitrogen and oxygen atoms in total. The first-order valence-electron chi connectivity index (χ1n) is 3.06. The smallest absolute Gasteiger partial charge is 0.0309 e. The quantitative estimate of drug-likeness (QED) is 0.379. The lowest BCUT2D eigenvalue weighted by Gasteiger charge is -2.08. The summed E-state index contributed by atoms with van der Waals surface area (Å²) >= 11 is 0. The van der Waals surface area contributed by atoms with Gasteiger partial charge in [0, 0.05) is 17.9 Å². The van der Waals surface area contributed by atoms with Crippen molar-refractivity contribution in [3.63, 3.8) is 0 Å². The molecule has 0 aliphatic rings. The maximum atomic E-state index is 5.04. The minimum absolute atomic E-state index is 0.467. The van der Waals surface area contributed by atoms with Gasteiger partial charge < -0.3 is 10.7 Å². The van der Waals surface area contributed by atoms with Crippen LogP contribution in [0.15, 0.2) is 11.9 Å². The summed E-state index contributed by atoms with van der Waals surface area (Å²) in [6, 6.07) is 0.467. The zero-order valence-electron chi connectivity index (χ0n) is 6.23. The number of hydrogen-bond acceptors (Lipinski definition) is 3. The Hall–Kier alpha value is -0.700. The summed E-state index contributed by atoms with van der Waals surface area (Å²) in [5.74, 6) is 5.04. The monoisotopic (exact) mass is 129 g/mol. The first-order valence-corrected chi connectivity index (χ1v) is 3.06. The summed E-state index contributed by atoms with van der Waals surface area (Å²) in [6.07, 6.45) is 1.72. The lowest BCUT2D eigenvalue weighted by Crippen LogP contribution is -2.23. The Bertz CT molecular complexity index is 96.5. The highest BCUT2D eigenvalue weighted by molar-refractivity contribution is 4.93. The van der Waals surface area contributed by atoms with Crippen LogP contribution < -0.4 is 16.6 Å². The van der Waals surface area contributed by atoms with Crippen molar-refractivity contribution in [1.29, 1.82) is 0 Å². The maximum Gasteiger partial charge on any atom is 0.0309 e. The van der Waals surface area contributed by atoms with Crippen molar-refractivity contribution >= 4 is 0 Å². The molecule has 0 heterocycles. The zero-order valence-corrected chi connectivity index (χ0v) is 6.23. The Morgan fingerprint density at radius 2 is 2.11 bits per heavy atom. The van der Waals surface area contributed by atoms with Crippen LogP contribution in [0.2, 0.25) is 0 Å². The second kappa shape index (κ2) is 4.21. The maximum absolute atomic E-state index is 5.04. The normalized spacial score (nSPS) is 11.9. The van der Waals surface area contributed by atoms with E-state index < -0.39 is 0 Å². The fourth-order valence-electron chi connectivity index (χ4n) is 0.622. The van der Waals surface area contributed by atoms with E-state index in [4.69, 9.17) is 5.84 Å². The molecule has 0 fully saturated rings. The molecule has 0 aromatic heterocycles. The van der Waals surface area contributed by atoms with Gasteiger partial charge in [0.25, 0.3) is 0 Å². The molecule has 0 atom stereocenters. The van der Waals surface area contributed by atoms with Crippen LogP contribution in [0, 0.1) is 0 Å². The van der Waals surface area contributed by atoms with Crippen LogP contribution in [0.1, 0.15) is 20.8 Å². The third kappa shape index (κ3) is 5.17. The van der Waals surface area contributed by atoms with Crippen molar-refractivity contribution < 1.29 is 0 Å². The van der Waals surface area contributed by atoms with Gasteiger partial charge in [0.05, 0.1) is 0 Å². The number of hydrazine groups is 1. The summed E-state index contributed by atoms with van der Waals surface area (Å²) in [5.41, 5.74) is 3.50. The molecule has 3 heteroatoms. The van der Waals surface area contributed by atoms with Gasteiger partial charge in [-0.1, -0.05) is 0 Å². The first-order chi connectivity index (χ1) is 4.16. The van der Waals surface area contributed by atoms with E-state index >= 15 is 0 Å². The highest BCUT2D eigenvalue weighted by Gasteiger charge is 1.89. The predicted molar refractivity (Wildman–Crippen MR) is 39.4 cm³/mol. The molecule has 9 heavy (non-hydrogen) atoms. The van der Waals surface area contributed by atoms with Gasteiger partial charge in [-0.15, -0.1) is 0 Å². The number of allylic oxidation sites excluding steroid dienone is 1. The topological polar surface area (TPSA) is 50.1 Å². The van der Waals surface area contributed by atoms with Crippen LogP contribution in [0.4, 0.5) is 0 Å². The second-order valence-corrected chi connectivity index (χ2v) is 2.29. The lowest BCUT2D eigenvalue weighted by atomic mass is 10.4. The van der Waals surface area contributed by atoms with Gasteiger partial charge in [0.1, 0.15) is 0 Å². The molecule has 0 aliphatic heterocycles. The van der Waals surface area contributed by atoms with Crippen molar-refractivity contribution in [1.82, 2.24) is 10.7 Å². The third-order valence-electron chi connectivity index (χ3n) is 0.816. The predicted octanol–water partition coefficient (Wildman–Crippen LogP) is 0.309. The molecule has 0 saturated carbocycles. The van der Waals surface area contributed by atoms with Crippen molar-refractivity contribution in [3.05, 3.63) is 11.9 Å². The van der Waals surface area contributed by atoms with E-state index in [1.165, 1.54) is 0 Å². The largest absolute Gasteiger partial charge is 0.385 e. The average Bonchev–Trinajstić information content (AvgIpc) is 1.63. The van der Waals surface area contributed by atoms with E-state index in [-0.39, 0.29) is 0 Å². The Labute approximate surface area is 56.3 Å². The van der Waals surface area contributed by atoms with Crippen LogP contribution in [-0.2, 0) is 0 Å². The zero-order chi connectivity index (χ0) is 7.28. The highest BCUT2D eigenvalue weighted by atomic mass is 15.2. The van der Waals surface area contributed by atoms with Gasteiger partial charge in [-0.3, -0.25) is 5.84 Å². The summed E-state index contributed by atoms with van der Waals surface area (Å²) in [4.78, 5) is 0. The van der Waals surface area contributed by atoms with Crippen molar-refractivity contribution in [2.75, 3.05) is 0 Å². The number of nitrogens with one attached hydrogen (secondary N) is 2. The van der Waals surface area contributed by atoms with Gasteiger partial charge in [0.15, 0.2) is 0 Å². The summed E-state index contributed by atoms with van der Waals surface area (Å²) in [6.45, 7) is 6.11. The molecule has 0 aromatic rings.